The third kappa shape index (κ3) is 3.24. The van der Waals surface area contributed by atoms with Crippen LogP contribution in [0.2, 0.25) is 0 Å². The summed E-state index contributed by atoms with van der Waals surface area (Å²) in [5.74, 6) is 0.801. The summed E-state index contributed by atoms with van der Waals surface area (Å²) in [4.78, 5) is 0. The maximum Gasteiger partial charge on any atom is 0.0374 e. The molecule has 1 aromatic carbocycles. The lowest BCUT2D eigenvalue weighted by molar-refractivity contribution is 0.405. The SMILES string of the molecule is CCCCC[C@H](C)[C@@H]1CCc2ccccc2N1. The topological polar surface area (TPSA) is 12.0 Å². The van der Waals surface area contributed by atoms with Crippen LogP contribution in [0.15, 0.2) is 24.3 Å². The van der Waals surface area contributed by atoms with Gasteiger partial charge in [-0.05, 0) is 36.8 Å². The van der Waals surface area contributed by atoms with Gasteiger partial charge in [0, 0.05) is 11.7 Å². The first-order chi connectivity index (χ1) is 8.31. The summed E-state index contributed by atoms with van der Waals surface area (Å²) < 4.78 is 0. The normalized spacial score (nSPS) is 20.5. The zero-order valence-corrected chi connectivity index (χ0v) is 11.2. The van der Waals surface area contributed by atoms with Gasteiger partial charge in [0.2, 0.25) is 0 Å². The van der Waals surface area contributed by atoms with Gasteiger partial charge in [-0.3, -0.25) is 0 Å². The number of anilines is 1. The van der Waals surface area contributed by atoms with Gasteiger partial charge in [-0.1, -0.05) is 51.3 Å². The van der Waals surface area contributed by atoms with Crippen molar-refractivity contribution in [3.05, 3.63) is 29.8 Å². The van der Waals surface area contributed by atoms with Crippen LogP contribution in [0, 0.1) is 5.92 Å². The van der Waals surface area contributed by atoms with Crippen LogP contribution in [-0.4, -0.2) is 6.04 Å². The van der Waals surface area contributed by atoms with Gasteiger partial charge in [-0.15, -0.1) is 0 Å². The van der Waals surface area contributed by atoms with Crippen LogP contribution in [0.5, 0.6) is 0 Å². The van der Waals surface area contributed by atoms with E-state index in [9.17, 15) is 0 Å². The van der Waals surface area contributed by atoms with Gasteiger partial charge in [0.15, 0.2) is 0 Å². The van der Waals surface area contributed by atoms with Gasteiger partial charge in [-0.2, -0.15) is 0 Å². The molecule has 1 N–H and O–H groups in total. The Morgan fingerprint density at radius 2 is 2.12 bits per heavy atom. The molecule has 0 fully saturated rings. The maximum atomic E-state index is 3.72. The standard InChI is InChI=1S/C16H25N/c1-3-4-5-8-13(2)15-12-11-14-9-6-7-10-16(14)17-15/h6-7,9-10,13,15,17H,3-5,8,11-12H2,1-2H3/t13-,15-/m0/s1. The Bertz CT molecular complexity index is 345. The summed E-state index contributed by atoms with van der Waals surface area (Å²) in [6, 6.07) is 9.43. The van der Waals surface area contributed by atoms with E-state index in [0.717, 1.165) is 5.92 Å². The molecule has 0 unspecified atom stereocenters. The van der Waals surface area contributed by atoms with Gasteiger partial charge in [0.05, 0.1) is 0 Å². The first kappa shape index (κ1) is 12.5. The monoisotopic (exact) mass is 231 g/mol. The molecule has 1 nitrogen and oxygen atoms in total. The van der Waals surface area contributed by atoms with Gasteiger partial charge in [0.1, 0.15) is 0 Å². The van der Waals surface area contributed by atoms with E-state index in [0.29, 0.717) is 6.04 Å². The highest BCUT2D eigenvalue weighted by atomic mass is 14.9. The molecule has 0 aromatic heterocycles. The number of hydrogen-bond acceptors (Lipinski definition) is 1. The quantitative estimate of drug-likeness (QED) is 0.728. The minimum atomic E-state index is 0.682. The summed E-state index contributed by atoms with van der Waals surface area (Å²) >= 11 is 0. The van der Waals surface area contributed by atoms with E-state index < -0.39 is 0 Å². The summed E-state index contributed by atoms with van der Waals surface area (Å²) in [5, 5.41) is 3.72. The van der Waals surface area contributed by atoms with Crippen LogP contribution in [0.1, 0.15) is 51.5 Å². The molecular weight excluding hydrogens is 206 g/mol. The van der Waals surface area contributed by atoms with Crippen molar-refractivity contribution >= 4 is 5.69 Å². The molecule has 1 heteroatoms. The van der Waals surface area contributed by atoms with E-state index in [2.05, 4.69) is 43.4 Å². The molecule has 17 heavy (non-hydrogen) atoms. The fourth-order valence-electron chi connectivity index (χ4n) is 2.81. The van der Waals surface area contributed by atoms with E-state index in [1.165, 1.54) is 49.8 Å². The predicted octanol–water partition coefficient (Wildman–Crippen LogP) is 4.63. The third-order valence-electron chi connectivity index (χ3n) is 4.03. The second kappa shape index (κ2) is 6.09. The van der Waals surface area contributed by atoms with Gasteiger partial charge in [-0.25, -0.2) is 0 Å². The Hall–Kier alpha value is -0.980. The van der Waals surface area contributed by atoms with Crippen molar-refractivity contribution in [2.45, 2.75) is 58.4 Å². The predicted molar refractivity (Wildman–Crippen MR) is 75.5 cm³/mol. The van der Waals surface area contributed by atoms with Crippen molar-refractivity contribution in [1.29, 1.82) is 0 Å². The molecule has 0 bridgehead atoms. The number of hydrogen-bond donors (Lipinski definition) is 1. The van der Waals surface area contributed by atoms with Gasteiger partial charge < -0.3 is 5.32 Å². The number of aryl methyl sites for hydroxylation is 1. The molecule has 0 radical (unpaired) electrons. The second-order valence-electron chi connectivity index (χ2n) is 5.42. The van der Waals surface area contributed by atoms with Crippen LogP contribution >= 0.6 is 0 Å². The van der Waals surface area contributed by atoms with Crippen molar-refractivity contribution in [2.75, 3.05) is 5.32 Å². The van der Waals surface area contributed by atoms with E-state index in [1.54, 1.807) is 0 Å². The highest BCUT2D eigenvalue weighted by Gasteiger charge is 2.21. The Balaban J connectivity index is 1.88. The van der Waals surface area contributed by atoms with Crippen LogP contribution < -0.4 is 5.32 Å². The molecule has 0 aliphatic carbocycles. The van der Waals surface area contributed by atoms with Crippen LogP contribution in [0.4, 0.5) is 5.69 Å². The lowest BCUT2D eigenvalue weighted by Crippen LogP contribution is -2.31. The van der Waals surface area contributed by atoms with E-state index in [-0.39, 0.29) is 0 Å². The summed E-state index contributed by atoms with van der Waals surface area (Å²) in [6.45, 7) is 4.68. The molecule has 1 aliphatic heterocycles. The lowest BCUT2D eigenvalue weighted by atomic mass is 9.87. The molecule has 2 rings (SSSR count). The Kier molecular flexibility index (Phi) is 4.47. The number of fused-ring (bicyclic) bond motifs is 1. The Morgan fingerprint density at radius 1 is 1.29 bits per heavy atom. The van der Waals surface area contributed by atoms with Crippen molar-refractivity contribution in [3.63, 3.8) is 0 Å². The van der Waals surface area contributed by atoms with Gasteiger partial charge in [0.25, 0.3) is 0 Å². The largest absolute Gasteiger partial charge is 0.382 e. The number of unbranched alkanes of at least 4 members (excludes halogenated alkanes) is 2. The third-order valence-corrected chi connectivity index (χ3v) is 4.03. The van der Waals surface area contributed by atoms with Crippen molar-refractivity contribution in [1.82, 2.24) is 0 Å². The summed E-state index contributed by atoms with van der Waals surface area (Å²) in [6.07, 6.45) is 8.00. The molecule has 1 heterocycles. The lowest BCUT2D eigenvalue weighted by Gasteiger charge is -2.31. The Morgan fingerprint density at radius 3 is 2.94 bits per heavy atom. The van der Waals surface area contributed by atoms with Crippen molar-refractivity contribution < 1.29 is 0 Å². The molecule has 1 aromatic rings. The molecule has 94 valence electrons. The van der Waals surface area contributed by atoms with E-state index in [4.69, 9.17) is 0 Å². The first-order valence-corrected chi connectivity index (χ1v) is 7.15. The highest BCUT2D eigenvalue weighted by Crippen LogP contribution is 2.29. The Labute approximate surface area is 106 Å². The molecule has 1 aliphatic rings. The molecule has 0 saturated heterocycles. The number of benzene rings is 1. The molecule has 0 saturated carbocycles. The zero-order chi connectivity index (χ0) is 12.1. The zero-order valence-electron chi connectivity index (χ0n) is 11.2. The highest BCUT2D eigenvalue weighted by molar-refractivity contribution is 5.53. The number of rotatable bonds is 5. The fraction of sp³-hybridized carbons (Fsp3) is 0.625. The average molecular weight is 231 g/mol. The van der Waals surface area contributed by atoms with Gasteiger partial charge >= 0.3 is 0 Å². The number of para-hydroxylation sites is 1. The minimum Gasteiger partial charge on any atom is -0.382 e. The second-order valence-corrected chi connectivity index (χ2v) is 5.42. The summed E-state index contributed by atoms with van der Waals surface area (Å²) in [7, 11) is 0. The van der Waals surface area contributed by atoms with Crippen LogP contribution in [0.25, 0.3) is 0 Å². The molecule has 0 amide bonds. The number of nitrogens with one attached hydrogen (secondary N) is 1. The molecular formula is C16H25N. The van der Waals surface area contributed by atoms with E-state index in [1.807, 2.05) is 0 Å². The van der Waals surface area contributed by atoms with Crippen molar-refractivity contribution in [2.24, 2.45) is 5.92 Å². The molecule has 2 atom stereocenters. The van der Waals surface area contributed by atoms with Crippen molar-refractivity contribution in [3.8, 4) is 0 Å². The molecule has 0 spiro atoms. The average Bonchev–Trinajstić information content (AvgIpc) is 2.38. The maximum absolute atomic E-state index is 3.72. The fourth-order valence-corrected chi connectivity index (χ4v) is 2.81. The first-order valence-electron chi connectivity index (χ1n) is 7.15. The van der Waals surface area contributed by atoms with Crippen LogP contribution in [-0.2, 0) is 6.42 Å². The van der Waals surface area contributed by atoms with Crippen LogP contribution in [0.3, 0.4) is 0 Å². The smallest absolute Gasteiger partial charge is 0.0374 e. The van der Waals surface area contributed by atoms with E-state index >= 15 is 0 Å². The summed E-state index contributed by atoms with van der Waals surface area (Å²) in [5.41, 5.74) is 2.86. The minimum absolute atomic E-state index is 0.682.